The van der Waals surface area contributed by atoms with E-state index in [1.165, 1.54) is 4.31 Å². The minimum absolute atomic E-state index is 0.0622. The van der Waals surface area contributed by atoms with Crippen LogP contribution in [0.3, 0.4) is 0 Å². The van der Waals surface area contributed by atoms with Crippen LogP contribution in [0.4, 0.5) is 0 Å². The minimum Gasteiger partial charge on any atom is -0.336 e. The summed E-state index contributed by atoms with van der Waals surface area (Å²) in [6.45, 7) is 11.2. The number of hydrogen-bond acceptors (Lipinski definition) is 4. The molecule has 1 fully saturated rings. The fourth-order valence-corrected chi connectivity index (χ4v) is 6.75. The molecular weight excluding hydrogens is 456 g/mol. The molecule has 0 N–H and O–H groups in total. The summed E-state index contributed by atoms with van der Waals surface area (Å²) in [6, 6.07) is 11.1. The van der Waals surface area contributed by atoms with Crippen molar-refractivity contribution in [3.05, 3.63) is 64.2 Å². The van der Waals surface area contributed by atoms with Gasteiger partial charge in [-0.05, 0) is 53.6 Å². The van der Waals surface area contributed by atoms with E-state index in [-0.39, 0.29) is 24.4 Å². The summed E-state index contributed by atoms with van der Waals surface area (Å²) in [7, 11) is -4.64. The Morgan fingerprint density at radius 3 is 2.09 bits per heavy atom. The van der Waals surface area contributed by atoms with Crippen molar-refractivity contribution in [1.82, 2.24) is 9.21 Å². The first-order valence-corrected chi connectivity index (χ1v) is 14.3. The van der Waals surface area contributed by atoms with Crippen LogP contribution in [0.15, 0.2) is 41.3 Å². The highest BCUT2D eigenvalue weighted by molar-refractivity contribution is 7.89. The zero-order valence-corrected chi connectivity index (χ0v) is 22.0. The number of carbonyl (C=O) groups is 1. The Hall–Kier alpha value is -2.03. The average molecular weight is 491 g/mol. The largest absolute Gasteiger partial charge is 0.336 e. The van der Waals surface area contributed by atoms with Gasteiger partial charge in [0.1, 0.15) is 0 Å². The SMILES string of the molecule is Cc1cc(C(C)(C)C)cc(C)c1S(=O)(=O)N1CCN(C(=O)c2cccc(CS(C)=O)c2)CC1. The number of amides is 1. The summed E-state index contributed by atoms with van der Waals surface area (Å²) >= 11 is 0. The molecule has 1 aliphatic heterocycles. The molecule has 1 unspecified atom stereocenters. The molecule has 0 spiro atoms. The van der Waals surface area contributed by atoms with Crippen molar-refractivity contribution in [1.29, 1.82) is 0 Å². The van der Waals surface area contributed by atoms with Gasteiger partial charge < -0.3 is 4.90 Å². The van der Waals surface area contributed by atoms with E-state index in [4.69, 9.17) is 0 Å². The van der Waals surface area contributed by atoms with Gasteiger partial charge in [-0.2, -0.15) is 4.31 Å². The zero-order chi connectivity index (χ0) is 24.6. The molecule has 1 heterocycles. The predicted molar refractivity (Wildman–Crippen MR) is 133 cm³/mol. The van der Waals surface area contributed by atoms with Gasteiger partial charge in [0.15, 0.2) is 0 Å². The van der Waals surface area contributed by atoms with Crippen LogP contribution >= 0.6 is 0 Å². The van der Waals surface area contributed by atoms with Crippen LogP contribution in [0.5, 0.6) is 0 Å². The third-order valence-corrected chi connectivity index (χ3v) is 8.94. The fraction of sp³-hybridized carbons (Fsp3) is 0.480. The van der Waals surface area contributed by atoms with Crippen molar-refractivity contribution in [2.24, 2.45) is 0 Å². The van der Waals surface area contributed by atoms with E-state index >= 15 is 0 Å². The van der Waals surface area contributed by atoms with E-state index in [1.54, 1.807) is 29.4 Å². The Bertz CT molecular complexity index is 1150. The maximum absolute atomic E-state index is 13.5. The molecule has 0 bridgehead atoms. The van der Waals surface area contributed by atoms with Gasteiger partial charge in [-0.1, -0.05) is 45.0 Å². The van der Waals surface area contributed by atoms with Crippen molar-refractivity contribution >= 4 is 26.7 Å². The molecule has 0 radical (unpaired) electrons. The van der Waals surface area contributed by atoms with Gasteiger partial charge in [-0.25, -0.2) is 8.42 Å². The van der Waals surface area contributed by atoms with Crippen molar-refractivity contribution in [2.45, 2.75) is 50.7 Å². The molecule has 33 heavy (non-hydrogen) atoms. The Morgan fingerprint density at radius 1 is 1.00 bits per heavy atom. The molecule has 2 aromatic carbocycles. The van der Waals surface area contributed by atoms with Crippen molar-refractivity contribution in [2.75, 3.05) is 32.4 Å². The molecule has 0 aromatic heterocycles. The first-order chi connectivity index (χ1) is 15.3. The maximum atomic E-state index is 13.5. The Kier molecular flexibility index (Phi) is 7.51. The standard InChI is InChI=1S/C25H34N2O4S2/c1-18-14-22(25(3,4)5)15-19(2)23(18)33(30,31)27-12-10-26(11-13-27)24(28)21-9-7-8-20(16-21)17-32(6)29/h7-9,14-16H,10-13,17H2,1-6H3. The first kappa shape index (κ1) is 25.6. The lowest BCUT2D eigenvalue weighted by atomic mass is 9.85. The highest BCUT2D eigenvalue weighted by atomic mass is 32.2. The molecule has 1 amide bonds. The maximum Gasteiger partial charge on any atom is 0.253 e. The number of piperazine rings is 1. The molecule has 1 saturated heterocycles. The Morgan fingerprint density at radius 2 is 1.58 bits per heavy atom. The molecule has 0 aliphatic carbocycles. The number of nitrogens with zero attached hydrogens (tertiary/aromatic N) is 2. The van der Waals surface area contributed by atoms with Crippen LogP contribution < -0.4 is 0 Å². The van der Waals surface area contributed by atoms with E-state index in [9.17, 15) is 17.4 Å². The third-order valence-electron chi connectivity index (χ3n) is 5.99. The van der Waals surface area contributed by atoms with Crippen molar-refractivity contribution in [3.8, 4) is 0 Å². The topological polar surface area (TPSA) is 74.8 Å². The normalized spacial score (nSPS) is 16.6. The molecular formula is C25H34N2O4S2. The second-order valence-corrected chi connectivity index (χ2v) is 13.1. The monoisotopic (exact) mass is 490 g/mol. The van der Waals surface area contributed by atoms with Gasteiger partial charge >= 0.3 is 0 Å². The Balaban J connectivity index is 1.76. The molecule has 8 heteroatoms. The summed E-state index contributed by atoms with van der Waals surface area (Å²) < 4.78 is 40.0. The first-order valence-electron chi connectivity index (χ1n) is 11.1. The van der Waals surface area contributed by atoms with Gasteiger partial charge in [0, 0.05) is 54.6 Å². The molecule has 1 aliphatic rings. The quantitative estimate of drug-likeness (QED) is 0.642. The molecule has 180 valence electrons. The second kappa shape index (κ2) is 9.68. The summed E-state index contributed by atoms with van der Waals surface area (Å²) in [5.74, 6) is 0.275. The lowest BCUT2D eigenvalue weighted by Gasteiger charge is -2.35. The Labute approximate surface area is 200 Å². The lowest BCUT2D eigenvalue weighted by Crippen LogP contribution is -2.50. The smallest absolute Gasteiger partial charge is 0.253 e. The summed E-state index contributed by atoms with van der Waals surface area (Å²) in [4.78, 5) is 15.0. The van der Waals surface area contributed by atoms with E-state index in [1.807, 2.05) is 32.0 Å². The second-order valence-electron chi connectivity index (χ2n) is 9.80. The van der Waals surface area contributed by atoms with Crippen LogP contribution in [0, 0.1) is 13.8 Å². The predicted octanol–water partition coefficient (Wildman–Crippen LogP) is 3.63. The van der Waals surface area contributed by atoms with Gasteiger partial charge in [-0.15, -0.1) is 0 Å². The van der Waals surface area contributed by atoms with Crippen LogP contribution in [0.1, 0.15) is 53.4 Å². The number of hydrogen-bond donors (Lipinski definition) is 0. The average Bonchev–Trinajstić information content (AvgIpc) is 2.71. The lowest BCUT2D eigenvalue weighted by molar-refractivity contribution is 0.0697. The molecule has 6 nitrogen and oxygen atoms in total. The number of rotatable bonds is 5. The van der Waals surface area contributed by atoms with Crippen LogP contribution in [-0.2, 0) is 32.0 Å². The summed E-state index contributed by atoms with van der Waals surface area (Å²) in [5, 5.41) is 0. The van der Waals surface area contributed by atoms with Gasteiger partial charge in [0.05, 0.1) is 4.90 Å². The molecule has 1 atom stereocenters. The van der Waals surface area contributed by atoms with Gasteiger partial charge in [-0.3, -0.25) is 9.00 Å². The van der Waals surface area contributed by atoms with Gasteiger partial charge in [0.25, 0.3) is 5.91 Å². The number of carbonyl (C=O) groups excluding carboxylic acids is 1. The van der Waals surface area contributed by atoms with Crippen LogP contribution in [0.25, 0.3) is 0 Å². The molecule has 3 rings (SSSR count). The highest BCUT2D eigenvalue weighted by Crippen LogP contribution is 2.31. The van der Waals surface area contributed by atoms with Crippen molar-refractivity contribution < 1.29 is 17.4 Å². The van der Waals surface area contributed by atoms with Gasteiger partial charge in [0.2, 0.25) is 10.0 Å². The molecule has 0 saturated carbocycles. The number of aryl methyl sites for hydroxylation is 2. The van der Waals surface area contributed by atoms with E-state index in [0.29, 0.717) is 29.3 Å². The third kappa shape index (κ3) is 5.73. The summed E-state index contributed by atoms with van der Waals surface area (Å²) in [5.41, 5.74) is 3.95. The van der Waals surface area contributed by atoms with E-state index in [2.05, 4.69) is 20.8 Å². The van der Waals surface area contributed by atoms with E-state index < -0.39 is 20.8 Å². The molecule has 2 aromatic rings. The summed E-state index contributed by atoms with van der Waals surface area (Å²) in [6.07, 6.45) is 1.63. The highest BCUT2D eigenvalue weighted by Gasteiger charge is 2.33. The van der Waals surface area contributed by atoms with Crippen LogP contribution in [0.2, 0.25) is 0 Å². The van der Waals surface area contributed by atoms with E-state index in [0.717, 1.165) is 22.3 Å². The van der Waals surface area contributed by atoms with Crippen LogP contribution in [-0.4, -0.2) is 60.2 Å². The number of benzene rings is 2. The number of sulfonamides is 1. The van der Waals surface area contributed by atoms with Crippen molar-refractivity contribution in [3.63, 3.8) is 0 Å². The zero-order valence-electron chi connectivity index (χ0n) is 20.3. The fourth-order valence-electron chi connectivity index (χ4n) is 4.26. The minimum atomic E-state index is -3.66.